The zero-order valence-electron chi connectivity index (χ0n) is 10.4. The Morgan fingerprint density at radius 2 is 2.26 bits per heavy atom. The van der Waals surface area contributed by atoms with E-state index >= 15 is 0 Å². The first-order valence-corrected chi connectivity index (χ1v) is 8.84. The van der Waals surface area contributed by atoms with E-state index in [4.69, 9.17) is 9.47 Å². The fourth-order valence-corrected chi connectivity index (χ4v) is 5.92. The number of thiophene rings is 1. The standard InChI is InChI=1S/C13H16Br2O3S/c14-10-5-9(12(15)19-10)11(16)8-1-3-18-13(6-8)2-4-17-7-13/h5,8,11,16H,1-4,6-7H2. The second kappa shape index (κ2) is 5.73. The highest BCUT2D eigenvalue weighted by atomic mass is 79.9. The van der Waals surface area contributed by atoms with Gasteiger partial charge in [-0.15, -0.1) is 11.3 Å². The summed E-state index contributed by atoms with van der Waals surface area (Å²) in [5.74, 6) is 0.244. The maximum absolute atomic E-state index is 10.6. The van der Waals surface area contributed by atoms with Gasteiger partial charge in [-0.3, -0.25) is 0 Å². The summed E-state index contributed by atoms with van der Waals surface area (Å²) in [6.45, 7) is 2.16. The van der Waals surface area contributed by atoms with Crippen LogP contribution in [0.15, 0.2) is 13.6 Å². The number of hydrogen-bond acceptors (Lipinski definition) is 4. The molecule has 3 heterocycles. The molecule has 2 fully saturated rings. The summed E-state index contributed by atoms with van der Waals surface area (Å²) in [4.78, 5) is 0. The molecule has 0 aromatic carbocycles. The fraction of sp³-hybridized carbons (Fsp3) is 0.692. The van der Waals surface area contributed by atoms with Crippen LogP contribution in [-0.2, 0) is 9.47 Å². The topological polar surface area (TPSA) is 38.7 Å². The Hall–Kier alpha value is 0.540. The molecule has 1 spiro atoms. The summed E-state index contributed by atoms with van der Waals surface area (Å²) < 4.78 is 13.5. The lowest BCUT2D eigenvalue weighted by Gasteiger charge is -2.38. The number of aliphatic hydroxyl groups is 1. The minimum absolute atomic E-state index is 0.149. The Bertz CT molecular complexity index is 457. The van der Waals surface area contributed by atoms with Crippen LogP contribution in [0.4, 0.5) is 0 Å². The predicted octanol–water partition coefficient (Wildman–Crippen LogP) is 3.89. The van der Waals surface area contributed by atoms with Crippen LogP contribution in [0.3, 0.4) is 0 Å². The van der Waals surface area contributed by atoms with Gasteiger partial charge in [-0.25, -0.2) is 0 Å². The van der Waals surface area contributed by atoms with E-state index in [1.54, 1.807) is 11.3 Å². The first kappa shape index (κ1) is 14.5. The second-order valence-corrected chi connectivity index (χ2v) is 9.06. The third kappa shape index (κ3) is 2.94. The molecule has 0 aliphatic carbocycles. The third-order valence-electron chi connectivity index (χ3n) is 4.05. The van der Waals surface area contributed by atoms with E-state index in [0.29, 0.717) is 13.2 Å². The van der Waals surface area contributed by atoms with Gasteiger partial charge < -0.3 is 14.6 Å². The van der Waals surface area contributed by atoms with Crippen molar-refractivity contribution >= 4 is 43.2 Å². The summed E-state index contributed by atoms with van der Waals surface area (Å²) in [6, 6.07) is 2.01. The fourth-order valence-electron chi connectivity index (χ4n) is 3.01. The third-order valence-corrected chi connectivity index (χ3v) is 6.43. The molecule has 3 rings (SSSR count). The highest BCUT2D eigenvalue weighted by Gasteiger charge is 2.43. The first-order chi connectivity index (χ1) is 9.10. The molecule has 0 amide bonds. The van der Waals surface area contributed by atoms with E-state index in [1.807, 2.05) is 6.07 Å². The molecule has 1 aromatic heterocycles. The lowest BCUT2D eigenvalue weighted by Crippen LogP contribution is -2.41. The average molecular weight is 412 g/mol. The summed E-state index contributed by atoms with van der Waals surface area (Å²) in [5, 5.41) is 10.6. The molecule has 0 radical (unpaired) electrons. The van der Waals surface area contributed by atoms with Crippen LogP contribution in [-0.4, -0.2) is 30.5 Å². The lowest BCUT2D eigenvalue weighted by molar-refractivity contribution is -0.117. The van der Waals surface area contributed by atoms with Crippen LogP contribution in [0, 0.1) is 5.92 Å². The highest BCUT2D eigenvalue weighted by molar-refractivity contribution is 9.12. The van der Waals surface area contributed by atoms with E-state index in [2.05, 4.69) is 31.9 Å². The van der Waals surface area contributed by atoms with Crippen molar-refractivity contribution in [3.05, 3.63) is 19.2 Å². The van der Waals surface area contributed by atoms with Gasteiger partial charge in [0, 0.05) is 25.2 Å². The van der Waals surface area contributed by atoms with Gasteiger partial charge in [-0.05, 0) is 56.7 Å². The van der Waals surface area contributed by atoms with Crippen LogP contribution < -0.4 is 0 Å². The van der Waals surface area contributed by atoms with E-state index in [0.717, 1.165) is 39.0 Å². The van der Waals surface area contributed by atoms with Crippen molar-refractivity contribution in [3.63, 3.8) is 0 Å². The quantitative estimate of drug-likeness (QED) is 0.802. The van der Waals surface area contributed by atoms with Crippen molar-refractivity contribution in [1.29, 1.82) is 0 Å². The van der Waals surface area contributed by atoms with Crippen molar-refractivity contribution < 1.29 is 14.6 Å². The van der Waals surface area contributed by atoms with Gasteiger partial charge in [0.15, 0.2) is 0 Å². The molecule has 2 saturated heterocycles. The maximum atomic E-state index is 10.6. The summed E-state index contributed by atoms with van der Waals surface area (Å²) >= 11 is 8.60. The molecule has 2 aliphatic rings. The molecule has 1 aromatic rings. The van der Waals surface area contributed by atoms with Gasteiger partial charge in [0.1, 0.15) is 0 Å². The Kier molecular flexibility index (Phi) is 4.37. The molecule has 0 saturated carbocycles. The number of ether oxygens (including phenoxy) is 2. The molecule has 106 valence electrons. The minimum Gasteiger partial charge on any atom is -0.388 e. The van der Waals surface area contributed by atoms with Crippen LogP contribution in [0.5, 0.6) is 0 Å². The Morgan fingerprint density at radius 1 is 1.42 bits per heavy atom. The summed E-state index contributed by atoms with van der Waals surface area (Å²) in [7, 11) is 0. The minimum atomic E-state index is -0.432. The van der Waals surface area contributed by atoms with Crippen LogP contribution in [0.2, 0.25) is 0 Å². The number of aliphatic hydroxyl groups excluding tert-OH is 1. The van der Waals surface area contributed by atoms with Crippen molar-refractivity contribution in [2.45, 2.75) is 31.0 Å². The predicted molar refractivity (Wildman–Crippen MR) is 81.5 cm³/mol. The molecule has 1 N–H and O–H groups in total. The number of hydrogen-bond donors (Lipinski definition) is 1. The number of rotatable bonds is 2. The molecular formula is C13H16Br2O3S. The van der Waals surface area contributed by atoms with E-state index in [-0.39, 0.29) is 11.5 Å². The molecule has 6 heteroatoms. The van der Waals surface area contributed by atoms with Gasteiger partial charge >= 0.3 is 0 Å². The SMILES string of the molecule is OC(c1cc(Br)sc1Br)C1CCOC2(CCOC2)C1. The van der Waals surface area contributed by atoms with Crippen molar-refractivity contribution in [1.82, 2.24) is 0 Å². The van der Waals surface area contributed by atoms with Crippen LogP contribution in [0.25, 0.3) is 0 Å². The van der Waals surface area contributed by atoms with Gasteiger partial charge in [-0.1, -0.05) is 0 Å². The molecule has 3 atom stereocenters. The Balaban J connectivity index is 1.76. The second-order valence-electron chi connectivity index (χ2n) is 5.31. The monoisotopic (exact) mass is 410 g/mol. The van der Waals surface area contributed by atoms with Gasteiger partial charge in [0.25, 0.3) is 0 Å². The van der Waals surface area contributed by atoms with Gasteiger partial charge in [0.2, 0.25) is 0 Å². The Morgan fingerprint density at radius 3 is 2.89 bits per heavy atom. The molecule has 3 nitrogen and oxygen atoms in total. The number of halogens is 2. The molecule has 2 aliphatic heterocycles. The largest absolute Gasteiger partial charge is 0.388 e. The van der Waals surface area contributed by atoms with Gasteiger partial charge in [-0.2, -0.15) is 0 Å². The lowest BCUT2D eigenvalue weighted by atomic mass is 9.81. The van der Waals surface area contributed by atoms with E-state index in [1.165, 1.54) is 0 Å². The molecule has 19 heavy (non-hydrogen) atoms. The molecular weight excluding hydrogens is 396 g/mol. The smallest absolute Gasteiger partial charge is 0.0940 e. The molecule has 0 bridgehead atoms. The zero-order valence-corrected chi connectivity index (χ0v) is 14.4. The Labute approximate surface area is 133 Å². The summed E-state index contributed by atoms with van der Waals surface area (Å²) in [5.41, 5.74) is 0.835. The average Bonchev–Trinajstić information content (AvgIpc) is 2.96. The normalized spacial score (nSPS) is 32.9. The summed E-state index contributed by atoms with van der Waals surface area (Å²) in [6.07, 6.45) is 2.31. The van der Waals surface area contributed by atoms with E-state index < -0.39 is 6.10 Å². The van der Waals surface area contributed by atoms with Crippen LogP contribution in [0.1, 0.15) is 30.9 Å². The first-order valence-electron chi connectivity index (χ1n) is 6.44. The zero-order chi connectivity index (χ0) is 13.5. The van der Waals surface area contributed by atoms with Crippen molar-refractivity contribution in [3.8, 4) is 0 Å². The highest BCUT2D eigenvalue weighted by Crippen LogP contribution is 2.44. The maximum Gasteiger partial charge on any atom is 0.0940 e. The van der Waals surface area contributed by atoms with E-state index in [9.17, 15) is 5.11 Å². The van der Waals surface area contributed by atoms with Crippen LogP contribution >= 0.6 is 43.2 Å². The van der Waals surface area contributed by atoms with Crippen molar-refractivity contribution in [2.75, 3.05) is 19.8 Å². The van der Waals surface area contributed by atoms with Crippen molar-refractivity contribution in [2.24, 2.45) is 5.92 Å². The van der Waals surface area contributed by atoms with Gasteiger partial charge in [0.05, 0.1) is 25.9 Å². The molecule has 3 unspecified atom stereocenters.